The Kier molecular flexibility index (Phi) is 2.75. The van der Waals surface area contributed by atoms with Gasteiger partial charge in [-0.1, -0.05) is 29.8 Å². The van der Waals surface area contributed by atoms with Gasteiger partial charge in [0.15, 0.2) is 0 Å². The van der Waals surface area contributed by atoms with Crippen LogP contribution in [0.2, 0.25) is 0 Å². The number of amides is 1. The monoisotopic (exact) mass is 253 g/mol. The van der Waals surface area contributed by atoms with Crippen LogP contribution in [0.4, 0.5) is 5.69 Å². The van der Waals surface area contributed by atoms with Crippen molar-refractivity contribution >= 4 is 11.6 Å². The van der Waals surface area contributed by atoms with E-state index in [-0.39, 0.29) is 11.7 Å². The van der Waals surface area contributed by atoms with Gasteiger partial charge < -0.3 is 10.0 Å². The van der Waals surface area contributed by atoms with E-state index in [1.54, 1.807) is 23.1 Å². The quantitative estimate of drug-likeness (QED) is 0.849. The molecular formula is C16H15NO2. The largest absolute Gasteiger partial charge is 0.507 e. The third kappa shape index (κ3) is 1.97. The molecule has 0 aromatic heterocycles. The van der Waals surface area contributed by atoms with Crippen LogP contribution in [0, 0.1) is 6.92 Å². The van der Waals surface area contributed by atoms with Crippen LogP contribution < -0.4 is 4.90 Å². The van der Waals surface area contributed by atoms with Gasteiger partial charge in [0.05, 0.1) is 5.56 Å². The van der Waals surface area contributed by atoms with Crippen LogP contribution in [0.3, 0.4) is 0 Å². The number of hydrogen-bond donors (Lipinski definition) is 1. The number of fused-ring (bicyclic) bond motifs is 1. The molecule has 19 heavy (non-hydrogen) atoms. The summed E-state index contributed by atoms with van der Waals surface area (Å²) in [5.74, 6) is -0.0915. The Bertz CT molecular complexity index is 649. The third-order valence-corrected chi connectivity index (χ3v) is 3.51. The number of para-hydroxylation sites is 1. The van der Waals surface area contributed by atoms with E-state index in [4.69, 9.17) is 0 Å². The molecule has 0 fully saturated rings. The van der Waals surface area contributed by atoms with E-state index < -0.39 is 0 Å². The highest BCUT2D eigenvalue weighted by Crippen LogP contribution is 2.30. The summed E-state index contributed by atoms with van der Waals surface area (Å²) in [5, 5.41) is 9.87. The first-order chi connectivity index (χ1) is 9.16. The number of benzene rings is 2. The summed E-state index contributed by atoms with van der Waals surface area (Å²) >= 11 is 0. The molecule has 1 heterocycles. The van der Waals surface area contributed by atoms with Crippen molar-refractivity contribution in [2.45, 2.75) is 13.3 Å². The molecule has 0 unspecified atom stereocenters. The molecule has 0 spiro atoms. The fraction of sp³-hybridized carbons (Fsp3) is 0.188. The van der Waals surface area contributed by atoms with Gasteiger partial charge in [0.25, 0.3) is 5.91 Å². The lowest BCUT2D eigenvalue weighted by molar-refractivity contribution is 0.0986. The molecule has 0 bridgehead atoms. The second-order valence-corrected chi connectivity index (χ2v) is 4.86. The predicted molar refractivity (Wildman–Crippen MR) is 74.7 cm³/mol. The zero-order chi connectivity index (χ0) is 13.4. The van der Waals surface area contributed by atoms with Crippen molar-refractivity contribution in [2.75, 3.05) is 11.4 Å². The molecule has 2 aromatic carbocycles. The minimum atomic E-state index is -0.133. The van der Waals surface area contributed by atoms with Crippen molar-refractivity contribution in [3.63, 3.8) is 0 Å². The molecule has 1 aliphatic heterocycles. The zero-order valence-electron chi connectivity index (χ0n) is 10.8. The number of aromatic hydroxyl groups is 1. The predicted octanol–water partition coefficient (Wildman–Crippen LogP) is 2.90. The molecule has 3 heteroatoms. The molecule has 0 saturated heterocycles. The summed E-state index contributed by atoms with van der Waals surface area (Å²) in [4.78, 5) is 14.3. The Morgan fingerprint density at radius 1 is 1.21 bits per heavy atom. The van der Waals surface area contributed by atoms with Gasteiger partial charge >= 0.3 is 0 Å². The van der Waals surface area contributed by atoms with Crippen LogP contribution in [0.25, 0.3) is 0 Å². The van der Waals surface area contributed by atoms with Gasteiger partial charge in [-0.15, -0.1) is 0 Å². The maximum absolute atomic E-state index is 12.5. The maximum Gasteiger partial charge on any atom is 0.262 e. The summed E-state index contributed by atoms with van der Waals surface area (Å²) in [5.41, 5.74) is 3.47. The lowest BCUT2D eigenvalue weighted by Crippen LogP contribution is -2.28. The van der Waals surface area contributed by atoms with Gasteiger partial charge in [-0.3, -0.25) is 4.79 Å². The lowest BCUT2D eigenvalue weighted by Gasteiger charge is -2.18. The van der Waals surface area contributed by atoms with Crippen LogP contribution in [0.15, 0.2) is 42.5 Å². The zero-order valence-corrected chi connectivity index (χ0v) is 10.8. The third-order valence-electron chi connectivity index (χ3n) is 3.51. The molecule has 0 aliphatic carbocycles. The molecule has 3 nitrogen and oxygen atoms in total. The molecular weight excluding hydrogens is 238 g/mol. The highest BCUT2D eigenvalue weighted by Gasteiger charge is 2.26. The van der Waals surface area contributed by atoms with Crippen molar-refractivity contribution < 1.29 is 9.90 Å². The number of rotatable bonds is 1. The highest BCUT2D eigenvalue weighted by molar-refractivity contribution is 6.09. The van der Waals surface area contributed by atoms with Crippen LogP contribution in [-0.4, -0.2) is 17.6 Å². The fourth-order valence-electron chi connectivity index (χ4n) is 2.52. The number of carbonyl (C=O) groups is 1. The molecule has 0 radical (unpaired) electrons. The summed E-state index contributed by atoms with van der Waals surface area (Å²) < 4.78 is 0. The molecule has 1 N–H and O–H groups in total. The van der Waals surface area contributed by atoms with E-state index >= 15 is 0 Å². The van der Waals surface area contributed by atoms with Crippen molar-refractivity contribution in [1.29, 1.82) is 0 Å². The molecule has 1 aliphatic rings. The van der Waals surface area contributed by atoms with E-state index in [0.29, 0.717) is 12.1 Å². The van der Waals surface area contributed by atoms with Crippen molar-refractivity contribution in [3.05, 3.63) is 59.2 Å². The Morgan fingerprint density at radius 2 is 2.00 bits per heavy atom. The maximum atomic E-state index is 12.5. The Balaban J connectivity index is 2.00. The summed E-state index contributed by atoms with van der Waals surface area (Å²) in [6.07, 6.45) is 0.870. The number of anilines is 1. The average Bonchev–Trinajstić information content (AvgIpc) is 2.84. The number of phenolic OH excluding ortho intramolecular Hbond substituents is 1. The Labute approximate surface area is 112 Å². The van der Waals surface area contributed by atoms with Gasteiger partial charge in [0, 0.05) is 12.2 Å². The van der Waals surface area contributed by atoms with E-state index in [0.717, 1.165) is 17.7 Å². The number of nitrogens with zero attached hydrogens (tertiary/aromatic N) is 1. The van der Waals surface area contributed by atoms with Gasteiger partial charge in [0.1, 0.15) is 5.75 Å². The first-order valence-corrected chi connectivity index (χ1v) is 6.36. The van der Waals surface area contributed by atoms with Crippen LogP contribution in [0.1, 0.15) is 21.5 Å². The molecule has 0 saturated carbocycles. The molecule has 96 valence electrons. The molecule has 3 rings (SSSR count). The fourth-order valence-corrected chi connectivity index (χ4v) is 2.52. The van der Waals surface area contributed by atoms with E-state index in [1.807, 2.05) is 31.2 Å². The van der Waals surface area contributed by atoms with Crippen molar-refractivity contribution in [3.8, 4) is 5.75 Å². The first-order valence-electron chi connectivity index (χ1n) is 6.36. The number of aryl methyl sites for hydroxylation is 1. The molecule has 2 aromatic rings. The normalized spacial score (nSPS) is 13.4. The minimum absolute atomic E-state index is 0.0416. The van der Waals surface area contributed by atoms with E-state index in [1.165, 1.54) is 5.56 Å². The molecule has 0 atom stereocenters. The summed E-state index contributed by atoms with van der Waals surface area (Å²) in [6, 6.07) is 13.0. The van der Waals surface area contributed by atoms with Crippen LogP contribution in [0.5, 0.6) is 5.75 Å². The molecule has 1 amide bonds. The van der Waals surface area contributed by atoms with E-state index in [9.17, 15) is 9.90 Å². The van der Waals surface area contributed by atoms with Gasteiger partial charge in [-0.25, -0.2) is 0 Å². The van der Waals surface area contributed by atoms with Gasteiger partial charge in [-0.05, 0) is 37.1 Å². The Hall–Kier alpha value is -2.29. The van der Waals surface area contributed by atoms with Gasteiger partial charge in [0.2, 0.25) is 0 Å². The topological polar surface area (TPSA) is 40.5 Å². The summed E-state index contributed by atoms with van der Waals surface area (Å²) in [7, 11) is 0. The first kappa shape index (κ1) is 11.8. The van der Waals surface area contributed by atoms with Crippen LogP contribution in [-0.2, 0) is 6.42 Å². The smallest absolute Gasteiger partial charge is 0.262 e. The van der Waals surface area contributed by atoms with Gasteiger partial charge in [-0.2, -0.15) is 0 Å². The lowest BCUT2D eigenvalue weighted by atomic mass is 10.1. The minimum Gasteiger partial charge on any atom is -0.507 e. The second kappa shape index (κ2) is 4.43. The number of carbonyl (C=O) groups excluding carboxylic acids is 1. The van der Waals surface area contributed by atoms with Crippen LogP contribution >= 0.6 is 0 Å². The summed E-state index contributed by atoms with van der Waals surface area (Å²) in [6.45, 7) is 2.58. The number of phenols is 1. The number of hydrogen-bond acceptors (Lipinski definition) is 2. The SMILES string of the molecule is Cc1ccc(O)c(C(=O)N2CCc3ccccc32)c1. The Morgan fingerprint density at radius 3 is 2.84 bits per heavy atom. The van der Waals surface area contributed by atoms with Crippen molar-refractivity contribution in [1.82, 2.24) is 0 Å². The van der Waals surface area contributed by atoms with E-state index in [2.05, 4.69) is 0 Å². The second-order valence-electron chi connectivity index (χ2n) is 4.86. The standard InChI is InChI=1S/C16H15NO2/c1-11-6-7-15(18)13(10-11)16(19)17-9-8-12-4-2-3-5-14(12)17/h2-7,10,18H,8-9H2,1H3. The van der Waals surface area contributed by atoms with Crippen molar-refractivity contribution in [2.24, 2.45) is 0 Å². The highest BCUT2D eigenvalue weighted by atomic mass is 16.3. The average molecular weight is 253 g/mol.